The average molecular weight is 614 g/mol. The molecule has 0 radical (unpaired) electrons. The molecule has 1 aromatic carbocycles. The Morgan fingerprint density at radius 3 is 2.34 bits per heavy atom. The van der Waals surface area contributed by atoms with E-state index in [1.54, 1.807) is 52.7 Å². The van der Waals surface area contributed by atoms with Crippen molar-refractivity contribution in [2.24, 2.45) is 34.5 Å². The number of likely N-dealkylation sites (tertiary alicyclic amines) is 1. The van der Waals surface area contributed by atoms with Crippen LogP contribution in [0, 0.1) is 34.5 Å². The summed E-state index contributed by atoms with van der Waals surface area (Å²) in [4.78, 5) is 29.5. The van der Waals surface area contributed by atoms with Crippen LogP contribution in [-0.4, -0.2) is 112 Å². The van der Waals surface area contributed by atoms with E-state index in [-0.39, 0.29) is 47.8 Å². The van der Waals surface area contributed by atoms with Gasteiger partial charge >= 0.3 is 11.9 Å². The Kier molecular flexibility index (Phi) is 7.27. The van der Waals surface area contributed by atoms with Gasteiger partial charge in [-0.2, -0.15) is 0 Å². The van der Waals surface area contributed by atoms with Crippen molar-refractivity contribution in [3.05, 3.63) is 35.9 Å². The zero-order chi connectivity index (χ0) is 31.2. The van der Waals surface area contributed by atoms with Gasteiger partial charge in [-0.05, 0) is 43.9 Å². The van der Waals surface area contributed by atoms with E-state index in [1.807, 2.05) is 6.07 Å². The maximum Gasteiger partial charge on any atom is 0.338 e. The van der Waals surface area contributed by atoms with E-state index in [0.717, 1.165) is 25.9 Å². The third kappa shape index (κ3) is 3.58. The van der Waals surface area contributed by atoms with E-state index >= 15 is 0 Å². The summed E-state index contributed by atoms with van der Waals surface area (Å²) in [6.07, 6.45) is 0.292. The number of esters is 2. The first-order valence-electron chi connectivity index (χ1n) is 16.1. The van der Waals surface area contributed by atoms with Gasteiger partial charge in [-0.1, -0.05) is 25.1 Å². The molecule has 0 aromatic heterocycles. The molecule has 1 spiro atoms. The summed E-state index contributed by atoms with van der Waals surface area (Å²) < 4.78 is 38.2. The minimum Gasteiger partial charge on any atom is -0.458 e. The van der Waals surface area contributed by atoms with Crippen molar-refractivity contribution < 1.29 is 43.1 Å². The van der Waals surface area contributed by atoms with Crippen LogP contribution in [0.3, 0.4) is 0 Å². The lowest BCUT2D eigenvalue weighted by molar-refractivity contribution is -0.287. The van der Waals surface area contributed by atoms with Gasteiger partial charge in [-0.3, -0.25) is 9.69 Å². The number of hydrogen-bond donors (Lipinski definition) is 1. The van der Waals surface area contributed by atoms with Crippen LogP contribution >= 0.6 is 0 Å². The number of fused-ring (bicyclic) bond motifs is 2. The van der Waals surface area contributed by atoms with Crippen LogP contribution in [0.5, 0.6) is 0 Å². The maximum atomic E-state index is 13.7. The minimum absolute atomic E-state index is 0.0216. The molecule has 5 saturated carbocycles. The molecule has 6 aliphatic rings. The fourth-order valence-electron chi connectivity index (χ4n) is 12.3. The highest BCUT2D eigenvalue weighted by molar-refractivity contribution is 5.89. The van der Waals surface area contributed by atoms with Crippen molar-refractivity contribution >= 4 is 11.9 Å². The lowest BCUT2D eigenvalue weighted by Crippen LogP contribution is -2.77. The predicted molar refractivity (Wildman–Crippen MR) is 158 cm³/mol. The molecule has 44 heavy (non-hydrogen) atoms. The molecular weight excluding hydrogens is 566 g/mol. The van der Waals surface area contributed by atoms with Crippen LogP contribution in [-0.2, 0) is 33.2 Å². The molecule has 6 fully saturated rings. The molecule has 13 unspecified atom stereocenters. The van der Waals surface area contributed by atoms with Gasteiger partial charge < -0.3 is 33.5 Å². The van der Waals surface area contributed by atoms with Crippen molar-refractivity contribution in [3.8, 4) is 0 Å². The summed E-state index contributed by atoms with van der Waals surface area (Å²) in [5.41, 5.74) is -2.88. The van der Waals surface area contributed by atoms with E-state index in [4.69, 9.17) is 28.4 Å². The predicted octanol–water partition coefficient (Wildman–Crippen LogP) is 2.71. The molecule has 10 nitrogen and oxygen atoms in total. The first-order chi connectivity index (χ1) is 21.1. The molecule has 5 aliphatic carbocycles. The van der Waals surface area contributed by atoms with Gasteiger partial charge in [0.1, 0.15) is 17.3 Å². The molecule has 10 heteroatoms. The molecule has 1 heterocycles. The van der Waals surface area contributed by atoms with Crippen molar-refractivity contribution in [3.63, 3.8) is 0 Å². The third-order valence-corrected chi connectivity index (χ3v) is 13.0. The summed E-state index contributed by atoms with van der Waals surface area (Å²) in [6, 6.07) is 8.80. The van der Waals surface area contributed by atoms with Crippen molar-refractivity contribution in [1.82, 2.24) is 4.90 Å². The van der Waals surface area contributed by atoms with Crippen LogP contribution in [0.15, 0.2) is 30.3 Å². The molecule has 7 bridgehead atoms. The lowest BCUT2D eigenvalue weighted by Gasteiger charge is -2.69. The summed E-state index contributed by atoms with van der Waals surface area (Å²) >= 11 is 0. The third-order valence-electron chi connectivity index (χ3n) is 13.0. The van der Waals surface area contributed by atoms with Crippen LogP contribution in [0.1, 0.15) is 49.9 Å². The van der Waals surface area contributed by atoms with Gasteiger partial charge in [0.2, 0.25) is 0 Å². The Bertz CT molecular complexity index is 1290. The van der Waals surface area contributed by atoms with Crippen LogP contribution in [0.25, 0.3) is 0 Å². The highest BCUT2D eigenvalue weighted by atomic mass is 16.6. The Morgan fingerprint density at radius 1 is 1.00 bits per heavy atom. The molecule has 1 aliphatic heterocycles. The SMILES string of the molecule is CCN1CC2(COC)CCC(OC)C34C5CC6(O)C(OC)CC(OC(C)=O)(C5C6OC(=O)c5ccccc5)C(C(OC)C23)C14. The van der Waals surface area contributed by atoms with Crippen molar-refractivity contribution in [2.45, 2.75) is 81.2 Å². The number of rotatable bonds is 9. The van der Waals surface area contributed by atoms with Crippen molar-refractivity contribution in [1.29, 1.82) is 0 Å². The van der Waals surface area contributed by atoms with Gasteiger partial charge in [0.05, 0.1) is 30.5 Å². The summed E-state index contributed by atoms with van der Waals surface area (Å²) in [5, 5.41) is 12.7. The first-order valence-corrected chi connectivity index (χ1v) is 16.1. The highest BCUT2D eigenvalue weighted by Crippen LogP contribution is 2.80. The molecule has 1 saturated heterocycles. The van der Waals surface area contributed by atoms with E-state index in [0.29, 0.717) is 18.6 Å². The summed E-state index contributed by atoms with van der Waals surface area (Å²) in [5.74, 6) is -1.85. The summed E-state index contributed by atoms with van der Waals surface area (Å²) in [7, 11) is 6.90. The molecule has 0 amide bonds. The number of ether oxygens (including phenoxy) is 6. The second-order valence-electron chi connectivity index (χ2n) is 14.3. The highest BCUT2D eigenvalue weighted by Gasteiger charge is 2.89. The molecule has 242 valence electrons. The minimum atomic E-state index is -1.48. The van der Waals surface area contributed by atoms with Crippen LogP contribution in [0.4, 0.5) is 0 Å². The topological polar surface area (TPSA) is 113 Å². The normalized spacial score (nSPS) is 48.2. The summed E-state index contributed by atoms with van der Waals surface area (Å²) in [6.45, 7) is 5.84. The number of carbonyl (C=O) groups is 2. The first kappa shape index (κ1) is 30.6. The number of methoxy groups -OCH3 is 4. The Hall–Kier alpha value is -2.08. The average Bonchev–Trinajstić information content (AvgIpc) is 3.39. The van der Waals surface area contributed by atoms with Gasteiger partial charge in [0, 0.05) is 83.0 Å². The van der Waals surface area contributed by atoms with Gasteiger partial charge in [-0.25, -0.2) is 4.79 Å². The van der Waals surface area contributed by atoms with E-state index in [9.17, 15) is 14.7 Å². The maximum absolute atomic E-state index is 13.7. The van der Waals surface area contributed by atoms with Crippen LogP contribution in [0.2, 0.25) is 0 Å². The number of nitrogens with zero attached hydrogens (tertiary/aromatic N) is 1. The Morgan fingerprint density at radius 2 is 1.73 bits per heavy atom. The monoisotopic (exact) mass is 613 g/mol. The van der Waals surface area contributed by atoms with Gasteiger partial charge in [0.15, 0.2) is 0 Å². The fraction of sp³-hybridized carbons (Fsp3) is 0.765. The molecule has 1 aromatic rings. The quantitative estimate of drug-likeness (QED) is 0.417. The molecule has 1 N–H and O–H groups in total. The largest absolute Gasteiger partial charge is 0.458 e. The van der Waals surface area contributed by atoms with Gasteiger partial charge in [0.25, 0.3) is 0 Å². The smallest absolute Gasteiger partial charge is 0.338 e. The number of aliphatic hydroxyl groups is 1. The number of carbonyl (C=O) groups excluding carboxylic acids is 2. The van der Waals surface area contributed by atoms with Crippen LogP contribution < -0.4 is 0 Å². The lowest BCUT2D eigenvalue weighted by atomic mass is 9.43. The van der Waals surface area contributed by atoms with E-state index in [1.165, 1.54) is 6.92 Å². The number of benzene rings is 1. The molecule has 13 atom stereocenters. The standard InChI is InChI=1S/C34H47NO9/c1-7-35-17-31(18-39-3)14-13-22(40-4)34-21-15-32(38)23(41-5)16-33(44-19(2)36,25(28(34)35)26(42-6)27(31)34)24(21)29(32)43-30(37)20-11-9-8-10-12-20/h8-12,21-29,38H,7,13-18H2,1-6H3. The Labute approximate surface area is 259 Å². The number of hydrogen-bond acceptors (Lipinski definition) is 10. The second-order valence-corrected chi connectivity index (χ2v) is 14.3. The number of piperidine rings is 1. The Balaban J connectivity index is 1.49. The van der Waals surface area contributed by atoms with E-state index in [2.05, 4.69) is 11.8 Å². The zero-order valence-electron chi connectivity index (χ0n) is 26.7. The van der Waals surface area contributed by atoms with Crippen molar-refractivity contribution in [2.75, 3.05) is 48.1 Å². The second kappa shape index (κ2) is 10.5. The zero-order valence-corrected chi connectivity index (χ0v) is 26.7. The molecular formula is C34H47NO9. The fourth-order valence-corrected chi connectivity index (χ4v) is 12.3. The van der Waals surface area contributed by atoms with E-state index < -0.39 is 46.7 Å². The molecule has 7 rings (SSSR count). The van der Waals surface area contributed by atoms with Gasteiger partial charge in [-0.15, -0.1) is 0 Å².